The number of hydrogen-bond donors (Lipinski definition) is 0. The van der Waals surface area contributed by atoms with Gasteiger partial charge in [-0.05, 0) is 94.4 Å². The van der Waals surface area contributed by atoms with Crippen molar-refractivity contribution in [2.75, 3.05) is 0 Å². The van der Waals surface area contributed by atoms with Gasteiger partial charge in [0.25, 0.3) is 0 Å². The Morgan fingerprint density at radius 2 is 1.09 bits per heavy atom. The molecule has 2 heterocycles. The number of fused-ring (bicyclic) bond motifs is 7. The SMILES string of the molecule is C\C=c1/c(=C\C=C(/C)c2cccc(-c3ccc(-c4cccc(-c5cnc6c7ccccc7c7ccccc7c6n5)c4)cc3)c2)n(-c2ccccc2)c2ccccc12. The summed E-state index contributed by atoms with van der Waals surface area (Å²) in [6.07, 6.45) is 8.65. The number of para-hydroxylation sites is 2. The first-order chi connectivity index (χ1) is 28.1. The maximum atomic E-state index is 5.23. The molecular formula is C54H39N3. The number of benzene rings is 8. The van der Waals surface area contributed by atoms with Gasteiger partial charge >= 0.3 is 0 Å². The Hall–Kier alpha value is -7.36. The molecule has 8 aromatic carbocycles. The van der Waals surface area contributed by atoms with E-state index in [1.807, 2.05) is 6.20 Å². The van der Waals surface area contributed by atoms with Crippen molar-refractivity contribution >= 4 is 61.2 Å². The monoisotopic (exact) mass is 729 g/mol. The van der Waals surface area contributed by atoms with Crippen LogP contribution in [0.25, 0.3) is 100 Å². The summed E-state index contributed by atoms with van der Waals surface area (Å²) in [6, 6.07) is 62.6. The predicted molar refractivity (Wildman–Crippen MR) is 242 cm³/mol. The summed E-state index contributed by atoms with van der Waals surface area (Å²) in [6.45, 7) is 4.32. The molecule has 0 aliphatic rings. The number of allylic oxidation sites excluding steroid dienone is 2. The molecule has 10 rings (SSSR count). The van der Waals surface area contributed by atoms with Crippen LogP contribution in [0.1, 0.15) is 19.4 Å². The smallest absolute Gasteiger partial charge is 0.0979 e. The minimum Gasteiger partial charge on any atom is -0.309 e. The van der Waals surface area contributed by atoms with Gasteiger partial charge in [-0.25, -0.2) is 4.98 Å². The van der Waals surface area contributed by atoms with E-state index in [0.717, 1.165) is 49.9 Å². The van der Waals surface area contributed by atoms with Crippen LogP contribution in [-0.4, -0.2) is 14.5 Å². The Morgan fingerprint density at radius 1 is 0.509 bits per heavy atom. The molecule has 0 bridgehead atoms. The van der Waals surface area contributed by atoms with Gasteiger partial charge in [-0.2, -0.15) is 0 Å². The molecule has 3 heteroatoms. The average Bonchev–Trinajstić information content (AvgIpc) is 3.61. The molecule has 270 valence electrons. The molecule has 0 saturated heterocycles. The van der Waals surface area contributed by atoms with Crippen LogP contribution in [0.2, 0.25) is 0 Å². The Bertz CT molecular complexity index is 3260. The number of aromatic nitrogens is 3. The van der Waals surface area contributed by atoms with Crippen molar-refractivity contribution in [2.45, 2.75) is 13.8 Å². The molecule has 0 N–H and O–H groups in total. The molecule has 0 saturated carbocycles. The van der Waals surface area contributed by atoms with Crippen molar-refractivity contribution < 1.29 is 0 Å². The quantitative estimate of drug-likeness (QED) is 0.160. The summed E-state index contributed by atoms with van der Waals surface area (Å²) in [5, 5.41) is 8.32. The van der Waals surface area contributed by atoms with Gasteiger partial charge in [-0.3, -0.25) is 4.98 Å². The van der Waals surface area contributed by atoms with E-state index in [4.69, 9.17) is 9.97 Å². The fourth-order valence-corrected chi connectivity index (χ4v) is 8.33. The van der Waals surface area contributed by atoms with Crippen LogP contribution < -0.4 is 10.6 Å². The minimum absolute atomic E-state index is 0.865. The minimum atomic E-state index is 0.865. The molecular weight excluding hydrogens is 691 g/mol. The Labute approximate surface area is 331 Å². The van der Waals surface area contributed by atoms with Crippen LogP contribution in [0.4, 0.5) is 0 Å². The fraction of sp³-hybridized carbons (Fsp3) is 0.0370. The molecule has 10 aromatic rings. The molecule has 0 atom stereocenters. The Balaban J connectivity index is 0.960. The number of hydrogen-bond acceptors (Lipinski definition) is 2. The maximum absolute atomic E-state index is 5.23. The topological polar surface area (TPSA) is 30.7 Å². The van der Waals surface area contributed by atoms with E-state index >= 15 is 0 Å². The highest BCUT2D eigenvalue weighted by molar-refractivity contribution is 6.23. The number of rotatable bonds is 6. The first-order valence-corrected chi connectivity index (χ1v) is 19.5. The van der Waals surface area contributed by atoms with Crippen molar-refractivity contribution in [1.82, 2.24) is 14.5 Å². The van der Waals surface area contributed by atoms with E-state index in [1.165, 1.54) is 54.5 Å². The van der Waals surface area contributed by atoms with E-state index in [-0.39, 0.29) is 0 Å². The number of nitrogens with zero attached hydrogens (tertiary/aromatic N) is 3. The third-order valence-corrected chi connectivity index (χ3v) is 11.2. The summed E-state index contributed by atoms with van der Waals surface area (Å²) < 4.78 is 2.36. The molecule has 0 aliphatic heterocycles. The van der Waals surface area contributed by atoms with Gasteiger partial charge in [0, 0.05) is 32.6 Å². The molecule has 0 spiro atoms. The van der Waals surface area contributed by atoms with Crippen LogP contribution in [0, 0.1) is 0 Å². The van der Waals surface area contributed by atoms with Gasteiger partial charge in [-0.1, -0.05) is 158 Å². The van der Waals surface area contributed by atoms with Crippen molar-refractivity contribution in [2.24, 2.45) is 0 Å². The largest absolute Gasteiger partial charge is 0.309 e. The molecule has 0 fully saturated rings. The molecule has 0 unspecified atom stereocenters. The van der Waals surface area contributed by atoms with E-state index < -0.39 is 0 Å². The average molecular weight is 730 g/mol. The van der Waals surface area contributed by atoms with Gasteiger partial charge < -0.3 is 4.57 Å². The molecule has 0 aliphatic carbocycles. The lowest BCUT2D eigenvalue weighted by atomic mass is 9.96. The molecule has 57 heavy (non-hydrogen) atoms. The van der Waals surface area contributed by atoms with Crippen LogP contribution in [0.15, 0.2) is 188 Å². The standard InChI is InChI=1S/C54H39N3/c1-3-44-47-23-11-12-26-51(47)57(43-19-5-4-6-20-43)52(44)32-27-36(2)39-15-13-16-40(33-39)37-28-30-38(31-29-37)41-17-14-18-42(34-41)50-35-55-53-48-24-9-7-21-45(48)46-22-8-10-25-49(46)54(53)56-50/h3-35H,1-2H3/b36-27+,44-3-,52-32+. The van der Waals surface area contributed by atoms with Crippen LogP contribution in [0.5, 0.6) is 0 Å². The second kappa shape index (κ2) is 14.4. The fourth-order valence-electron chi connectivity index (χ4n) is 8.33. The van der Waals surface area contributed by atoms with Gasteiger partial charge in [0.15, 0.2) is 0 Å². The van der Waals surface area contributed by atoms with Crippen LogP contribution in [0.3, 0.4) is 0 Å². The Morgan fingerprint density at radius 3 is 1.79 bits per heavy atom. The summed E-state index contributed by atoms with van der Waals surface area (Å²) in [5.74, 6) is 0. The van der Waals surface area contributed by atoms with Crippen LogP contribution >= 0.6 is 0 Å². The normalized spacial score (nSPS) is 12.7. The lowest BCUT2D eigenvalue weighted by Gasteiger charge is -2.11. The first kappa shape index (κ1) is 34.2. The van der Waals surface area contributed by atoms with Gasteiger partial charge in [0.2, 0.25) is 0 Å². The second-order valence-electron chi connectivity index (χ2n) is 14.6. The van der Waals surface area contributed by atoms with Gasteiger partial charge in [0.1, 0.15) is 0 Å². The van der Waals surface area contributed by atoms with Crippen molar-refractivity contribution in [3.63, 3.8) is 0 Å². The lowest BCUT2D eigenvalue weighted by Crippen LogP contribution is -2.27. The zero-order valence-corrected chi connectivity index (χ0v) is 31.9. The molecule has 0 amide bonds. The van der Waals surface area contributed by atoms with Crippen LogP contribution in [-0.2, 0) is 0 Å². The molecule has 0 radical (unpaired) electrons. The molecule has 3 nitrogen and oxygen atoms in total. The third kappa shape index (κ3) is 6.11. The van der Waals surface area contributed by atoms with Crippen molar-refractivity contribution in [1.29, 1.82) is 0 Å². The first-order valence-electron chi connectivity index (χ1n) is 19.5. The predicted octanol–water partition coefficient (Wildman–Crippen LogP) is 12.6. The van der Waals surface area contributed by atoms with E-state index in [1.54, 1.807) is 0 Å². The Kier molecular flexibility index (Phi) is 8.61. The zero-order valence-electron chi connectivity index (χ0n) is 31.9. The highest BCUT2D eigenvalue weighted by Crippen LogP contribution is 2.35. The third-order valence-electron chi connectivity index (χ3n) is 11.2. The summed E-state index contributed by atoms with van der Waals surface area (Å²) in [4.78, 5) is 10.2. The zero-order chi connectivity index (χ0) is 38.3. The summed E-state index contributed by atoms with van der Waals surface area (Å²) in [5.41, 5.74) is 13.2. The highest BCUT2D eigenvalue weighted by atomic mass is 15.0. The highest BCUT2D eigenvalue weighted by Gasteiger charge is 2.13. The summed E-state index contributed by atoms with van der Waals surface area (Å²) in [7, 11) is 0. The van der Waals surface area contributed by atoms with E-state index in [9.17, 15) is 0 Å². The maximum Gasteiger partial charge on any atom is 0.0979 e. The van der Waals surface area contributed by atoms with Crippen molar-refractivity contribution in [3.05, 3.63) is 204 Å². The van der Waals surface area contributed by atoms with Crippen molar-refractivity contribution in [3.8, 4) is 39.2 Å². The van der Waals surface area contributed by atoms with Gasteiger partial charge in [0.05, 0.1) is 33.8 Å². The summed E-state index contributed by atoms with van der Waals surface area (Å²) >= 11 is 0. The van der Waals surface area contributed by atoms with Gasteiger partial charge in [-0.15, -0.1) is 0 Å². The second-order valence-corrected chi connectivity index (χ2v) is 14.6. The molecule has 2 aromatic heterocycles. The lowest BCUT2D eigenvalue weighted by molar-refractivity contribution is 1.07. The van der Waals surface area contributed by atoms with E-state index in [0.29, 0.717) is 0 Å². The van der Waals surface area contributed by atoms with E-state index in [2.05, 4.69) is 213 Å².